The Hall–Kier alpha value is -3.75. The fourth-order valence-corrected chi connectivity index (χ4v) is 6.13. The highest BCUT2D eigenvalue weighted by Gasteiger charge is 2.27. The molecule has 3 N–H and O–H groups in total. The Morgan fingerprint density at radius 1 is 0.568 bits per heavy atom. The van der Waals surface area contributed by atoms with Crippen LogP contribution in [0, 0.1) is 0 Å². The van der Waals surface area contributed by atoms with Crippen molar-refractivity contribution in [2.45, 2.75) is 19.6 Å². The molecule has 13 heteroatoms. The lowest BCUT2D eigenvalue weighted by Gasteiger charge is -2.13. The quantitative estimate of drug-likeness (QED) is 0.277. The highest BCUT2D eigenvalue weighted by atomic mass is 32.2. The largest absolute Gasteiger partial charge is 0.506 e. The van der Waals surface area contributed by atoms with Gasteiger partial charge in [-0.3, -0.25) is 9.11 Å². The molecular formula is C24H18O10S3. The van der Waals surface area contributed by atoms with Crippen LogP contribution in [0.15, 0.2) is 111 Å². The van der Waals surface area contributed by atoms with Crippen LogP contribution in [0.1, 0.15) is 0 Å². The summed E-state index contributed by atoms with van der Waals surface area (Å²) in [6, 6.07) is 20.8. The van der Waals surface area contributed by atoms with Gasteiger partial charge in [-0.05, 0) is 59.7 Å². The lowest BCUT2D eigenvalue weighted by molar-refractivity contribution is 0.442. The minimum atomic E-state index is -4.97. The predicted molar refractivity (Wildman–Crippen MR) is 132 cm³/mol. The minimum Gasteiger partial charge on any atom is -0.506 e. The third-order valence-electron chi connectivity index (χ3n) is 5.21. The zero-order chi connectivity index (χ0) is 27.0. The summed E-state index contributed by atoms with van der Waals surface area (Å²) < 4.78 is 97.7. The maximum Gasteiger partial charge on any atom is 0.298 e. The first-order valence-corrected chi connectivity index (χ1v) is 14.6. The number of rotatable bonds is 7. The van der Waals surface area contributed by atoms with Gasteiger partial charge in [0.25, 0.3) is 20.2 Å². The Morgan fingerprint density at radius 3 is 1.65 bits per heavy atom. The standard InChI is InChI=1S/C24H18O10S3/c25-21-12-10-19(14-23(21)36(28,29)30)35(26,27)20-11-13-22(24(15-20)37(31,32)33)34-18-8-6-17(7-9-18)16-4-2-1-3-5-16/h1-15,25H,(H,28,29,30)(H,31,32,33). The zero-order valence-electron chi connectivity index (χ0n) is 18.6. The number of benzene rings is 4. The Kier molecular flexibility index (Phi) is 6.83. The summed E-state index contributed by atoms with van der Waals surface area (Å²) in [7, 11) is -14.5. The van der Waals surface area contributed by atoms with Crippen molar-refractivity contribution < 1.29 is 44.2 Å². The summed E-state index contributed by atoms with van der Waals surface area (Å²) in [4.78, 5) is -3.19. The van der Waals surface area contributed by atoms with Crippen LogP contribution in [0.4, 0.5) is 0 Å². The van der Waals surface area contributed by atoms with Crippen LogP contribution in [0.5, 0.6) is 17.2 Å². The summed E-state index contributed by atoms with van der Waals surface area (Å²) in [5, 5.41) is 9.65. The first-order chi connectivity index (χ1) is 17.3. The third-order valence-corrected chi connectivity index (χ3v) is 8.72. The maximum absolute atomic E-state index is 13.1. The van der Waals surface area contributed by atoms with Gasteiger partial charge in [0.1, 0.15) is 27.0 Å². The average Bonchev–Trinajstić information content (AvgIpc) is 2.84. The summed E-state index contributed by atoms with van der Waals surface area (Å²) >= 11 is 0. The number of sulfone groups is 1. The van der Waals surface area contributed by atoms with Gasteiger partial charge in [-0.15, -0.1) is 0 Å². The molecule has 4 aromatic carbocycles. The van der Waals surface area contributed by atoms with E-state index in [1.165, 1.54) is 0 Å². The van der Waals surface area contributed by atoms with Crippen LogP contribution in [0.2, 0.25) is 0 Å². The highest BCUT2D eigenvalue weighted by Crippen LogP contribution is 2.35. The first kappa shape index (κ1) is 26.3. The second kappa shape index (κ2) is 9.61. The van der Waals surface area contributed by atoms with Crippen molar-refractivity contribution >= 4 is 30.1 Å². The molecule has 0 saturated heterocycles. The summed E-state index contributed by atoms with van der Waals surface area (Å²) in [6.45, 7) is 0. The van der Waals surface area contributed by atoms with E-state index in [9.17, 15) is 39.5 Å². The molecule has 0 amide bonds. The van der Waals surface area contributed by atoms with Crippen molar-refractivity contribution in [2.75, 3.05) is 0 Å². The lowest BCUT2D eigenvalue weighted by Crippen LogP contribution is -2.08. The van der Waals surface area contributed by atoms with E-state index in [0.717, 1.165) is 35.4 Å². The molecule has 0 aromatic heterocycles. The van der Waals surface area contributed by atoms with E-state index < -0.39 is 55.4 Å². The van der Waals surface area contributed by atoms with Crippen molar-refractivity contribution in [2.24, 2.45) is 0 Å². The van der Waals surface area contributed by atoms with Gasteiger partial charge in [0.2, 0.25) is 9.84 Å². The SMILES string of the molecule is O=S(=O)(O)c1cc(S(=O)(=O)c2ccc(Oc3ccc(-c4ccccc4)cc3)c(S(=O)(=O)O)c2)ccc1O. The van der Waals surface area contributed by atoms with Gasteiger partial charge < -0.3 is 9.84 Å². The molecular weight excluding hydrogens is 544 g/mol. The number of hydrogen-bond acceptors (Lipinski definition) is 8. The van der Waals surface area contributed by atoms with Crippen LogP contribution in [-0.4, -0.2) is 39.5 Å². The molecule has 0 bridgehead atoms. The maximum atomic E-state index is 13.1. The Labute approximate surface area is 212 Å². The smallest absolute Gasteiger partial charge is 0.298 e. The molecule has 4 rings (SSSR count). The van der Waals surface area contributed by atoms with Gasteiger partial charge in [-0.1, -0.05) is 42.5 Å². The van der Waals surface area contributed by atoms with E-state index in [0.29, 0.717) is 12.1 Å². The van der Waals surface area contributed by atoms with Crippen molar-refractivity contribution in [1.29, 1.82) is 0 Å². The highest BCUT2D eigenvalue weighted by molar-refractivity contribution is 7.91. The monoisotopic (exact) mass is 562 g/mol. The molecule has 0 spiro atoms. The molecule has 0 fully saturated rings. The fraction of sp³-hybridized carbons (Fsp3) is 0. The number of hydrogen-bond donors (Lipinski definition) is 3. The van der Waals surface area contributed by atoms with Crippen LogP contribution in [0.25, 0.3) is 11.1 Å². The van der Waals surface area contributed by atoms with Gasteiger partial charge in [0.15, 0.2) is 0 Å². The zero-order valence-corrected chi connectivity index (χ0v) is 21.0. The molecule has 0 heterocycles. The van der Waals surface area contributed by atoms with Crippen molar-refractivity contribution in [3.8, 4) is 28.4 Å². The summed E-state index contributed by atoms with van der Waals surface area (Å²) in [5.74, 6) is -1.04. The molecule has 4 aromatic rings. The number of phenols is 1. The van der Waals surface area contributed by atoms with Crippen molar-refractivity contribution in [3.63, 3.8) is 0 Å². The van der Waals surface area contributed by atoms with E-state index in [-0.39, 0.29) is 11.5 Å². The molecule has 0 atom stereocenters. The molecule has 0 aliphatic rings. The van der Waals surface area contributed by atoms with Gasteiger partial charge in [0, 0.05) is 0 Å². The summed E-state index contributed by atoms with van der Waals surface area (Å²) in [5.41, 5.74) is 1.80. The minimum absolute atomic E-state index is 0.205. The van der Waals surface area contributed by atoms with E-state index in [1.54, 1.807) is 24.3 Å². The lowest BCUT2D eigenvalue weighted by atomic mass is 10.1. The van der Waals surface area contributed by atoms with E-state index in [2.05, 4.69) is 0 Å². The third kappa shape index (κ3) is 5.65. The van der Waals surface area contributed by atoms with Crippen LogP contribution in [-0.2, 0) is 30.1 Å². The molecule has 192 valence electrons. The molecule has 0 radical (unpaired) electrons. The van der Waals surface area contributed by atoms with Crippen LogP contribution in [0.3, 0.4) is 0 Å². The van der Waals surface area contributed by atoms with Gasteiger partial charge >= 0.3 is 0 Å². The predicted octanol–water partition coefficient (Wildman–Crippen LogP) is 4.18. The van der Waals surface area contributed by atoms with Gasteiger partial charge in [-0.25, -0.2) is 8.42 Å². The fourth-order valence-electron chi connectivity index (χ4n) is 3.42. The molecule has 37 heavy (non-hydrogen) atoms. The molecule has 0 unspecified atom stereocenters. The number of ether oxygens (including phenoxy) is 1. The number of aromatic hydroxyl groups is 1. The Balaban J connectivity index is 1.73. The topological polar surface area (TPSA) is 172 Å². The second-order valence-electron chi connectivity index (χ2n) is 7.68. The van der Waals surface area contributed by atoms with Gasteiger partial charge in [0.05, 0.1) is 9.79 Å². The average molecular weight is 563 g/mol. The normalized spacial score (nSPS) is 12.3. The van der Waals surface area contributed by atoms with E-state index >= 15 is 0 Å². The summed E-state index contributed by atoms with van der Waals surface area (Å²) in [6.07, 6.45) is 0. The molecule has 0 saturated carbocycles. The van der Waals surface area contributed by atoms with Crippen molar-refractivity contribution in [1.82, 2.24) is 0 Å². The van der Waals surface area contributed by atoms with E-state index in [4.69, 9.17) is 4.74 Å². The first-order valence-electron chi connectivity index (χ1n) is 10.3. The Morgan fingerprint density at radius 2 is 1.08 bits per heavy atom. The van der Waals surface area contributed by atoms with Crippen LogP contribution < -0.4 is 4.74 Å². The Bertz CT molecular complexity index is 1800. The van der Waals surface area contributed by atoms with Gasteiger partial charge in [-0.2, -0.15) is 16.8 Å². The van der Waals surface area contributed by atoms with E-state index in [1.807, 2.05) is 30.3 Å². The molecule has 0 aliphatic heterocycles. The molecule has 0 aliphatic carbocycles. The second-order valence-corrected chi connectivity index (χ2v) is 12.4. The van der Waals surface area contributed by atoms with Crippen LogP contribution >= 0.6 is 0 Å². The number of phenolic OH excluding ortho intramolecular Hbond substituents is 1. The molecule has 10 nitrogen and oxygen atoms in total. The van der Waals surface area contributed by atoms with Crippen molar-refractivity contribution in [3.05, 3.63) is 91.0 Å².